The van der Waals surface area contributed by atoms with Gasteiger partial charge in [0.05, 0.1) is 10.9 Å². The Labute approximate surface area is 181 Å². The Morgan fingerprint density at radius 2 is 1.50 bits per heavy atom. The minimum Gasteiger partial charge on any atom is -0.335 e. The summed E-state index contributed by atoms with van der Waals surface area (Å²) >= 11 is 0. The first-order valence-corrected chi connectivity index (χ1v) is 10.2. The molecule has 2 aromatic carbocycles. The van der Waals surface area contributed by atoms with Crippen molar-refractivity contribution in [2.75, 3.05) is 26.2 Å². The molecule has 1 fully saturated rings. The summed E-state index contributed by atoms with van der Waals surface area (Å²) in [5.41, 5.74) is -0.225. The van der Waals surface area contributed by atoms with Gasteiger partial charge in [0, 0.05) is 37.9 Å². The molecule has 3 heterocycles. The summed E-state index contributed by atoms with van der Waals surface area (Å²) in [6.07, 6.45) is 1.34. The van der Waals surface area contributed by atoms with E-state index in [1.54, 1.807) is 9.80 Å². The monoisotopic (exact) mass is 429 g/mol. The molecule has 0 spiro atoms. The van der Waals surface area contributed by atoms with Crippen LogP contribution < -0.4 is 11.2 Å². The lowest BCUT2D eigenvalue weighted by atomic mass is 10.0. The van der Waals surface area contributed by atoms with Crippen LogP contribution in [0.15, 0.2) is 64.3 Å². The number of H-pyrrole nitrogens is 2. The van der Waals surface area contributed by atoms with Gasteiger partial charge in [-0.2, -0.15) is 0 Å². The lowest BCUT2D eigenvalue weighted by Gasteiger charge is -2.35. The second kappa shape index (κ2) is 7.77. The van der Waals surface area contributed by atoms with Crippen LogP contribution in [0.2, 0.25) is 0 Å². The third kappa shape index (κ3) is 3.43. The Morgan fingerprint density at radius 1 is 0.812 bits per heavy atom. The molecule has 0 radical (unpaired) electrons. The average Bonchev–Trinajstić information content (AvgIpc) is 2.82. The van der Waals surface area contributed by atoms with E-state index in [4.69, 9.17) is 0 Å². The number of nitrogens with zero attached hydrogens (tertiary/aromatic N) is 3. The molecule has 1 aliphatic rings. The van der Waals surface area contributed by atoms with E-state index < -0.39 is 11.2 Å². The third-order valence-electron chi connectivity index (χ3n) is 5.71. The largest absolute Gasteiger partial charge is 0.335 e. The fourth-order valence-electron chi connectivity index (χ4n) is 4.04. The van der Waals surface area contributed by atoms with Crippen molar-refractivity contribution in [2.45, 2.75) is 0 Å². The molecule has 0 unspecified atom stereocenters. The lowest BCUT2D eigenvalue weighted by Crippen LogP contribution is -2.50. The smallest absolute Gasteiger partial charge is 0.327 e. The molecule has 0 saturated carbocycles. The van der Waals surface area contributed by atoms with E-state index in [0.29, 0.717) is 31.7 Å². The van der Waals surface area contributed by atoms with Crippen LogP contribution in [0.4, 0.5) is 0 Å². The maximum atomic E-state index is 13.1. The van der Waals surface area contributed by atoms with Crippen LogP contribution >= 0.6 is 0 Å². The summed E-state index contributed by atoms with van der Waals surface area (Å²) < 4.78 is 0. The lowest BCUT2D eigenvalue weighted by molar-refractivity contribution is 0.0536. The first kappa shape index (κ1) is 19.7. The third-order valence-corrected chi connectivity index (χ3v) is 5.71. The number of pyridine rings is 1. The second-order valence-corrected chi connectivity index (χ2v) is 7.64. The predicted molar refractivity (Wildman–Crippen MR) is 119 cm³/mol. The highest BCUT2D eigenvalue weighted by molar-refractivity contribution is 6.07. The van der Waals surface area contributed by atoms with Gasteiger partial charge in [-0.05, 0) is 22.9 Å². The van der Waals surface area contributed by atoms with Crippen molar-refractivity contribution >= 4 is 33.6 Å². The number of piperazine rings is 1. The van der Waals surface area contributed by atoms with Crippen molar-refractivity contribution in [3.63, 3.8) is 0 Å². The van der Waals surface area contributed by atoms with E-state index in [0.717, 1.165) is 10.8 Å². The number of hydrogen-bond acceptors (Lipinski definition) is 5. The Morgan fingerprint density at radius 3 is 2.28 bits per heavy atom. The van der Waals surface area contributed by atoms with Gasteiger partial charge < -0.3 is 9.80 Å². The Hall–Kier alpha value is -4.27. The van der Waals surface area contributed by atoms with Gasteiger partial charge in [0.1, 0.15) is 5.65 Å². The van der Waals surface area contributed by atoms with Gasteiger partial charge in [-0.1, -0.05) is 36.4 Å². The summed E-state index contributed by atoms with van der Waals surface area (Å²) in [6, 6.07) is 14.9. The van der Waals surface area contributed by atoms with Gasteiger partial charge >= 0.3 is 5.69 Å². The van der Waals surface area contributed by atoms with Crippen LogP contribution in [-0.2, 0) is 0 Å². The van der Waals surface area contributed by atoms with Crippen LogP contribution in [-0.4, -0.2) is 62.7 Å². The van der Waals surface area contributed by atoms with Gasteiger partial charge in [0.2, 0.25) is 0 Å². The summed E-state index contributed by atoms with van der Waals surface area (Å²) in [6.45, 7) is 1.55. The molecule has 2 N–H and O–H groups in total. The number of carbonyl (C=O) groups is 2. The minimum atomic E-state index is -0.652. The molecule has 5 rings (SSSR count). The zero-order valence-corrected chi connectivity index (χ0v) is 17.0. The molecule has 32 heavy (non-hydrogen) atoms. The number of aromatic amines is 2. The van der Waals surface area contributed by atoms with Crippen molar-refractivity contribution in [2.24, 2.45) is 0 Å². The van der Waals surface area contributed by atoms with Crippen molar-refractivity contribution in [3.05, 3.63) is 86.7 Å². The minimum absolute atomic E-state index is 0.0586. The molecule has 1 saturated heterocycles. The normalized spacial score (nSPS) is 14.1. The molecule has 9 nitrogen and oxygen atoms in total. The molecule has 0 aliphatic carbocycles. The Kier molecular flexibility index (Phi) is 4.78. The van der Waals surface area contributed by atoms with E-state index in [2.05, 4.69) is 15.0 Å². The van der Waals surface area contributed by atoms with E-state index in [-0.39, 0.29) is 28.4 Å². The molecule has 9 heteroatoms. The van der Waals surface area contributed by atoms with Gasteiger partial charge in [-0.3, -0.25) is 24.4 Å². The molecular weight excluding hydrogens is 410 g/mol. The highest BCUT2D eigenvalue weighted by Gasteiger charge is 2.26. The number of rotatable bonds is 2. The molecule has 4 aromatic rings. The van der Waals surface area contributed by atoms with Gasteiger partial charge in [0.25, 0.3) is 17.4 Å². The van der Waals surface area contributed by atoms with Gasteiger partial charge in [-0.15, -0.1) is 0 Å². The Bertz CT molecular complexity index is 1480. The number of fused-ring (bicyclic) bond motifs is 2. The van der Waals surface area contributed by atoms with Crippen LogP contribution in [0.3, 0.4) is 0 Å². The molecule has 0 atom stereocenters. The highest BCUT2D eigenvalue weighted by atomic mass is 16.2. The average molecular weight is 429 g/mol. The maximum absolute atomic E-state index is 13.1. The fourth-order valence-corrected chi connectivity index (χ4v) is 4.04. The van der Waals surface area contributed by atoms with Crippen molar-refractivity contribution in [3.8, 4) is 0 Å². The number of benzene rings is 2. The van der Waals surface area contributed by atoms with Crippen LogP contribution in [0.1, 0.15) is 20.7 Å². The van der Waals surface area contributed by atoms with E-state index >= 15 is 0 Å². The second-order valence-electron chi connectivity index (χ2n) is 7.64. The Balaban J connectivity index is 1.33. The quantitative estimate of drug-likeness (QED) is 0.499. The standard InChI is InChI=1S/C23H19N5O4/c29-20-18-12-15(13-24-19(18)25-23(32)26-20)21(30)27-8-10-28(11-9-27)22(31)17-7-3-5-14-4-1-2-6-16(14)17/h1-7,12-13H,8-11H2,(H2,24,25,26,29,32). The zero-order chi connectivity index (χ0) is 22.2. The van der Waals surface area contributed by atoms with Crippen LogP contribution in [0.5, 0.6) is 0 Å². The van der Waals surface area contributed by atoms with E-state index in [9.17, 15) is 19.2 Å². The first-order chi connectivity index (χ1) is 15.5. The summed E-state index contributed by atoms with van der Waals surface area (Å²) in [7, 11) is 0. The van der Waals surface area contributed by atoms with E-state index in [1.807, 2.05) is 42.5 Å². The summed E-state index contributed by atoms with van der Waals surface area (Å²) in [5.74, 6) is -0.334. The molecule has 2 amide bonds. The molecule has 160 valence electrons. The number of nitrogens with one attached hydrogen (secondary N) is 2. The van der Waals surface area contributed by atoms with E-state index in [1.165, 1.54) is 12.3 Å². The van der Waals surface area contributed by atoms with Crippen molar-refractivity contribution in [1.29, 1.82) is 0 Å². The summed E-state index contributed by atoms with van der Waals surface area (Å²) in [4.78, 5) is 61.4. The zero-order valence-electron chi connectivity index (χ0n) is 17.0. The fraction of sp³-hybridized carbons (Fsp3) is 0.174. The first-order valence-electron chi connectivity index (χ1n) is 10.2. The molecule has 2 aromatic heterocycles. The maximum Gasteiger partial charge on any atom is 0.327 e. The molecule has 0 bridgehead atoms. The summed E-state index contributed by atoms with van der Waals surface area (Å²) in [5, 5.41) is 2.05. The number of carbonyl (C=O) groups excluding carboxylic acids is 2. The number of hydrogen-bond donors (Lipinski definition) is 2. The topological polar surface area (TPSA) is 119 Å². The van der Waals surface area contributed by atoms with Gasteiger partial charge in [0.15, 0.2) is 0 Å². The molecular formula is C23H19N5O4. The van der Waals surface area contributed by atoms with Crippen LogP contribution in [0.25, 0.3) is 21.8 Å². The van der Waals surface area contributed by atoms with Crippen molar-refractivity contribution in [1.82, 2.24) is 24.8 Å². The van der Waals surface area contributed by atoms with Crippen LogP contribution in [0, 0.1) is 0 Å². The molecule has 1 aliphatic heterocycles. The highest BCUT2D eigenvalue weighted by Crippen LogP contribution is 2.21. The van der Waals surface area contributed by atoms with Crippen molar-refractivity contribution < 1.29 is 9.59 Å². The van der Waals surface area contributed by atoms with Gasteiger partial charge in [-0.25, -0.2) is 9.78 Å². The predicted octanol–water partition coefficient (Wildman–Crippen LogP) is 1.36. The SMILES string of the molecule is O=C(c1cnc2[nH]c(=O)[nH]c(=O)c2c1)N1CCN(C(=O)c2cccc3ccccc23)CC1. The number of amides is 2. The number of aromatic nitrogens is 3.